The number of carbonyl (C=O) groups is 2. The topological polar surface area (TPSA) is 75.4 Å². The molecule has 156 valence electrons. The van der Waals surface area contributed by atoms with Crippen molar-refractivity contribution in [2.75, 3.05) is 6.54 Å². The number of ketones is 1. The number of rotatable bonds is 6. The minimum absolute atomic E-state index is 0.0263. The molecular weight excluding hydrogens is 409 g/mol. The third-order valence-electron chi connectivity index (χ3n) is 5.62. The lowest BCUT2D eigenvalue weighted by atomic mass is 9.92. The average molecular weight is 430 g/mol. The first kappa shape index (κ1) is 20.5. The summed E-state index contributed by atoms with van der Waals surface area (Å²) in [4.78, 5) is 31.5. The van der Waals surface area contributed by atoms with E-state index < -0.39 is 23.1 Å². The number of para-hydroxylation sites is 2. The molecule has 2 heterocycles. The van der Waals surface area contributed by atoms with Gasteiger partial charge in [-0.25, -0.2) is 9.37 Å². The van der Waals surface area contributed by atoms with E-state index in [4.69, 9.17) is 11.6 Å². The van der Waals surface area contributed by atoms with Gasteiger partial charge in [-0.15, -0.1) is 0 Å². The van der Waals surface area contributed by atoms with Crippen molar-refractivity contribution in [2.45, 2.75) is 31.4 Å². The van der Waals surface area contributed by atoms with Crippen LogP contribution in [0.2, 0.25) is 5.02 Å². The van der Waals surface area contributed by atoms with E-state index in [9.17, 15) is 19.1 Å². The molecule has 1 aromatic heterocycles. The lowest BCUT2D eigenvalue weighted by Gasteiger charge is -2.21. The van der Waals surface area contributed by atoms with Crippen LogP contribution >= 0.6 is 11.6 Å². The van der Waals surface area contributed by atoms with E-state index in [-0.39, 0.29) is 37.4 Å². The smallest absolute Gasteiger partial charge is 0.262 e. The van der Waals surface area contributed by atoms with Crippen LogP contribution in [-0.2, 0) is 29.6 Å². The van der Waals surface area contributed by atoms with Crippen LogP contribution in [0.15, 0.2) is 42.5 Å². The van der Waals surface area contributed by atoms with Crippen molar-refractivity contribution in [3.8, 4) is 0 Å². The quantitative estimate of drug-likeness (QED) is 0.611. The highest BCUT2D eigenvalue weighted by Gasteiger charge is 2.50. The summed E-state index contributed by atoms with van der Waals surface area (Å²) >= 11 is 5.84. The molecule has 0 spiro atoms. The highest BCUT2D eigenvalue weighted by molar-refractivity contribution is 6.30. The minimum Gasteiger partial charge on any atom is -0.373 e. The predicted octanol–water partition coefficient (Wildman–Crippen LogP) is 3.03. The van der Waals surface area contributed by atoms with Crippen LogP contribution in [0.3, 0.4) is 0 Å². The van der Waals surface area contributed by atoms with E-state index in [0.717, 1.165) is 11.0 Å². The standard InChI is InChI=1S/C22H21ClFN3O3/c1-26-18-5-3-2-4-17(18)25-20(26)13-27-9-8-22(30,21(27)29)19(28)7-6-14-10-15(23)12-16(24)11-14/h2-5,10-12,30H,6-9,13H2,1H3. The zero-order valence-electron chi connectivity index (χ0n) is 16.4. The second-order valence-corrected chi connectivity index (χ2v) is 8.05. The Morgan fingerprint density at radius 2 is 2.07 bits per heavy atom. The van der Waals surface area contributed by atoms with Crippen molar-refractivity contribution in [3.05, 3.63) is 64.7 Å². The molecule has 0 aliphatic carbocycles. The molecule has 1 atom stereocenters. The molecule has 6 nitrogen and oxygen atoms in total. The van der Waals surface area contributed by atoms with Crippen molar-refractivity contribution >= 4 is 34.3 Å². The van der Waals surface area contributed by atoms with Crippen LogP contribution in [0, 0.1) is 5.82 Å². The van der Waals surface area contributed by atoms with Gasteiger partial charge in [0.25, 0.3) is 5.91 Å². The summed E-state index contributed by atoms with van der Waals surface area (Å²) in [7, 11) is 1.87. The third kappa shape index (κ3) is 3.70. The minimum atomic E-state index is -2.05. The lowest BCUT2D eigenvalue weighted by Crippen LogP contribution is -2.46. The number of benzene rings is 2. The first-order chi connectivity index (χ1) is 14.3. The molecule has 4 rings (SSSR count). The number of likely N-dealkylation sites (tertiary alicyclic amines) is 1. The van der Waals surface area contributed by atoms with Gasteiger partial charge in [-0.1, -0.05) is 23.7 Å². The van der Waals surface area contributed by atoms with Crippen LogP contribution in [-0.4, -0.2) is 43.4 Å². The Morgan fingerprint density at radius 3 is 2.80 bits per heavy atom. The summed E-state index contributed by atoms with van der Waals surface area (Å²) in [5.41, 5.74) is 0.252. The Morgan fingerprint density at radius 1 is 1.30 bits per heavy atom. The molecule has 0 saturated carbocycles. The van der Waals surface area contributed by atoms with Crippen LogP contribution in [0.25, 0.3) is 11.0 Å². The molecular formula is C22H21ClFN3O3. The predicted molar refractivity (Wildman–Crippen MR) is 110 cm³/mol. The first-order valence-electron chi connectivity index (χ1n) is 9.68. The number of hydrogen-bond acceptors (Lipinski definition) is 4. The second kappa shape index (κ2) is 7.81. The summed E-state index contributed by atoms with van der Waals surface area (Å²) in [6.45, 7) is 0.467. The number of fused-ring (bicyclic) bond motifs is 1. The molecule has 1 unspecified atom stereocenters. The molecule has 1 N–H and O–H groups in total. The number of hydrogen-bond donors (Lipinski definition) is 1. The fourth-order valence-electron chi connectivity index (χ4n) is 3.90. The van der Waals surface area contributed by atoms with Crippen molar-refractivity contribution in [3.63, 3.8) is 0 Å². The van der Waals surface area contributed by atoms with E-state index in [1.807, 2.05) is 35.9 Å². The number of carbonyl (C=O) groups excluding carboxylic acids is 2. The molecule has 1 aliphatic rings. The van der Waals surface area contributed by atoms with Crippen molar-refractivity contribution < 1.29 is 19.1 Å². The van der Waals surface area contributed by atoms with Gasteiger partial charge >= 0.3 is 0 Å². The van der Waals surface area contributed by atoms with Crippen molar-refractivity contribution in [1.29, 1.82) is 0 Å². The third-order valence-corrected chi connectivity index (χ3v) is 5.84. The van der Waals surface area contributed by atoms with Gasteiger partial charge in [-0.3, -0.25) is 9.59 Å². The molecule has 1 aliphatic heterocycles. The van der Waals surface area contributed by atoms with E-state index >= 15 is 0 Å². The molecule has 0 bridgehead atoms. The Bertz CT molecular complexity index is 1130. The van der Waals surface area contributed by atoms with E-state index in [2.05, 4.69) is 4.98 Å². The number of Topliss-reactive ketones (excluding diaryl/α,β-unsaturated/α-hetero) is 1. The van der Waals surface area contributed by atoms with Crippen molar-refractivity contribution in [2.24, 2.45) is 7.05 Å². The van der Waals surface area contributed by atoms with E-state index in [0.29, 0.717) is 11.4 Å². The van der Waals surface area contributed by atoms with Gasteiger partial charge in [0.15, 0.2) is 5.78 Å². The number of aryl methyl sites for hydroxylation is 2. The molecule has 8 heteroatoms. The zero-order valence-corrected chi connectivity index (χ0v) is 17.2. The number of amides is 1. The van der Waals surface area contributed by atoms with Crippen LogP contribution in [0.5, 0.6) is 0 Å². The van der Waals surface area contributed by atoms with Gasteiger partial charge in [0.05, 0.1) is 17.6 Å². The average Bonchev–Trinajstić information content (AvgIpc) is 3.18. The van der Waals surface area contributed by atoms with Gasteiger partial charge < -0.3 is 14.6 Å². The SMILES string of the molecule is Cn1c(CN2CCC(O)(C(=O)CCc3cc(F)cc(Cl)c3)C2=O)nc2ccccc21. The second-order valence-electron chi connectivity index (χ2n) is 7.61. The molecule has 30 heavy (non-hydrogen) atoms. The monoisotopic (exact) mass is 429 g/mol. The van der Waals surface area contributed by atoms with Crippen LogP contribution in [0.1, 0.15) is 24.2 Å². The summed E-state index contributed by atoms with van der Waals surface area (Å²) in [6.07, 6.45) is 0.136. The maximum absolute atomic E-state index is 13.5. The molecule has 3 aromatic rings. The summed E-state index contributed by atoms with van der Waals surface area (Å²) < 4.78 is 15.4. The number of aliphatic hydroxyl groups is 1. The Balaban J connectivity index is 1.45. The van der Waals surface area contributed by atoms with Gasteiger partial charge in [-0.05, 0) is 42.3 Å². The number of nitrogens with zero attached hydrogens (tertiary/aromatic N) is 3. The number of imidazole rings is 1. The highest BCUT2D eigenvalue weighted by atomic mass is 35.5. The Kier molecular flexibility index (Phi) is 5.34. The fraction of sp³-hybridized carbons (Fsp3) is 0.318. The maximum atomic E-state index is 13.5. The van der Waals surface area contributed by atoms with Crippen molar-refractivity contribution in [1.82, 2.24) is 14.5 Å². The zero-order chi connectivity index (χ0) is 21.5. The number of aromatic nitrogens is 2. The molecule has 1 amide bonds. The maximum Gasteiger partial charge on any atom is 0.262 e. The van der Waals surface area contributed by atoms with Gasteiger partial charge in [0, 0.05) is 31.5 Å². The number of halogens is 2. The van der Waals surface area contributed by atoms with Gasteiger partial charge in [0.1, 0.15) is 11.6 Å². The molecule has 2 aromatic carbocycles. The van der Waals surface area contributed by atoms with Crippen LogP contribution in [0.4, 0.5) is 4.39 Å². The molecule has 0 radical (unpaired) electrons. The van der Waals surface area contributed by atoms with Gasteiger partial charge in [-0.2, -0.15) is 0 Å². The highest BCUT2D eigenvalue weighted by Crippen LogP contribution is 2.28. The summed E-state index contributed by atoms with van der Waals surface area (Å²) in [5.74, 6) is -0.998. The van der Waals surface area contributed by atoms with Crippen LogP contribution < -0.4 is 0 Å². The fourth-order valence-corrected chi connectivity index (χ4v) is 4.15. The lowest BCUT2D eigenvalue weighted by molar-refractivity contribution is -0.153. The summed E-state index contributed by atoms with van der Waals surface area (Å²) in [5, 5.41) is 11.0. The normalized spacial score (nSPS) is 19.1. The summed E-state index contributed by atoms with van der Waals surface area (Å²) in [6, 6.07) is 11.7. The largest absolute Gasteiger partial charge is 0.373 e. The Labute approximate surface area is 177 Å². The molecule has 1 fully saturated rings. The first-order valence-corrected chi connectivity index (χ1v) is 10.1. The van der Waals surface area contributed by atoms with E-state index in [1.54, 1.807) is 6.07 Å². The van der Waals surface area contributed by atoms with Gasteiger partial charge in [0.2, 0.25) is 5.60 Å². The molecule has 1 saturated heterocycles. The van der Waals surface area contributed by atoms with E-state index in [1.165, 1.54) is 17.0 Å². The Hall–Kier alpha value is -2.77.